The van der Waals surface area contributed by atoms with Crippen LogP contribution in [0.15, 0.2) is 84.9 Å². The highest BCUT2D eigenvalue weighted by Gasteiger charge is 2.26. The van der Waals surface area contributed by atoms with Gasteiger partial charge in [-0.2, -0.15) is 0 Å². The summed E-state index contributed by atoms with van der Waals surface area (Å²) in [5.41, 5.74) is 8.02. The van der Waals surface area contributed by atoms with Crippen molar-refractivity contribution in [3.05, 3.63) is 102 Å². The first kappa shape index (κ1) is 26.2. The maximum atomic E-state index is 12.6. The normalized spacial score (nSPS) is 12.1. The van der Waals surface area contributed by atoms with Crippen molar-refractivity contribution in [3.8, 4) is 5.75 Å². The number of nitrogens with one attached hydrogen (secondary N) is 2. The summed E-state index contributed by atoms with van der Waals surface area (Å²) in [5, 5.41) is 14.3. The smallest absolute Gasteiger partial charge is 0.408 e. The Morgan fingerprint density at radius 3 is 1.89 bits per heavy atom. The van der Waals surface area contributed by atoms with Gasteiger partial charge in [0.15, 0.2) is 0 Å². The molecule has 0 aliphatic rings. The third kappa shape index (κ3) is 8.44. The number of ether oxygens (including phenoxy) is 2. The van der Waals surface area contributed by atoms with Gasteiger partial charge in [0.2, 0.25) is 11.8 Å². The van der Waals surface area contributed by atoms with Crippen molar-refractivity contribution >= 4 is 17.9 Å². The van der Waals surface area contributed by atoms with Crippen molar-refractivity contribution in [2.24, 2.45) is 5.73 Å². The molecule has 0 unspecified atom stereocenters. The first-order valence-corrected chi connectivity index (χ1v) is 11.4. The summed E-state index contributed by atoms with van der Waals surface area (Å²) in [6, 6.07) is 23.4. The molecule has 0 fully saturated rings. The summed E-state index contributed by atoms with van der Waals surface area (Å²) in [5.74, 6) is -0.863. The molecule has 5 N–H and O–H groups in total. The van der Waals surface area contributed by atoms with Crippen LogP contribution in [0.4, 0.5) is 4.79 Å². The van der Waals surface area contributed by atoms with Gasteiger partial charge in [-0.05, 0) is 28.8 Å². The number of aliphatic hydroxyl groups excluding tert-OH is 1. The van der Waals surface area contributed by atoms with Crippen LogP contribution in [-0.4, -0.2) is 41.7 Å². The van der Waals surface area contributed by atoms with Gasteiger partial charge in [-0.25, -0.2) is 4.79 Å². The molecule has 0 aliphatic heterocycles. The number of rotatable bonds is 12. The van der Waals surface area contributed by atoms with E-state index < -0.39 is 36.6 Å². The van der Waals surface area contributed by atoms with E-state index in [0.29, 0.717) is 12.4 Å². The van der Waals surface area contributed by atoms with Crippen LogP contribution in [0.3, 0.4) is 0 Å². The van der Waals surface area contributed by atoms with Gasteiger partial charge < -0.3 is 30.9 Å². The average molecular weight is 492 g/mol. The van der Waals surface area contributed by atoms with E-state index in [2.05, 4.69) is 10.6 Å². The first-order valence-electron chi connectivity index (χ1n) is 11.4. The second-order valence-corrected chi connectivity index (χ2v) is 8.03. The van der Waals surface area contributed by atoms with Crippen LogP contribution in [0.5, 0.6) is 5.75 Å². The number of hydrogen-bond donors (Lipinski definition) is 4. The Morgan fingerprint density at radius 1 is 0.750 bits per heavy atom. The quantitative estimate of drug-likeness (QED) is 0.306. The van der Waals surface area contributed by atoms with Crippen LogP contribution < -0.4 is 21.1 Å². The van der Waals surface area contributed by atoms with Gasteiger partial charge in [-0.3, -0.25) is 9.59 Å². The fraction of sp³-hybridized carbons (Fsp3) is 0.222. The molecule has 9 heteroatoms. The maximum absolute atomic E-state index is 12.6. The summed E-state index contributed by atoms with van der Waals surface area (Å²) in [6.45, 7) is -0.268. The maximum Gasteiger partial charge on any atom is 0.408 e. The molecule has 0 radical (unpaired) electrons. The molecule has 3 rings (SSSR count). The molecule has 0 saturated carbocycles. The van der Waals surface area contributed by atoms with Crippen LogP contribution in [0.25, 0.3) is 0 Å². The highest BCUT2D eigenvalue weighted by atomic mass is 16.5. The molecule has 0 saturated heterocycles. The van der Waals surface area contributed by atoms with Gasteiger partial charge in [0, 0.05) is 6.42 Å². The van der Waals surface area contributed by atoms with Crippen LogP contribution in [-0.2, 0) is 34.0 Å². The van der Waals surface area contributed by atoms with Crippen LogP contribution in [0, 0.1) is 0 Å². The molecule has 3 amide bonds. The topological polar surface area (TPSA) is 140 Å². The molecule has 0 spiro atoms. The van der Waals surface area contributed by atoms with Crippen molar-refractivity contribution in [1.29, 1.82) is 0 Å². The molecule has 9 nitrogen and oxygen atoms in total. The molecule has 0 bridgehead atoms. The van der Waals surface area contributed by atoms with E-state index >= 15 is 0 Å². The largest absolute Gasteiger partial charge is 0.489 e. The van der Waals surface area contributed by atoms with E-state index in [1.54, 1.807) is 48.5 Å². The lowest BCUT2D eigenvalue weighted by atomic mass is 10.0. The number of carbonyl (C=O) groups is 3. The standard InChI is InChI=1S/C27H29N3O6/c28-25(32)23(15-19-11-13-22(14-12-19)35-17-20-7-3-1-4-8-20)29-26(33)24(16-31)30-27(34)36-18-21-9-5-2-6-10-21/h1-14,23-24,31H,15-18H2,(H2,28,32)(H,29,33)(H,30,34)/t23-,24-/m0/s1. The molecular formula is C27H29N3O6. The number of amides is 3. The van der Waals surface area contributed by atoms with Gasteiger partial charge in [-0.15, -0.1) is 0 Å². The van der Waals surface area contributed by atoms with Gasteiger partial charge >= 0.3 is 6.09 Å². The summed E-state index contributed by atoms with van der Waals surface area (Å²) in [6.07, 6.45) is -0.758. The summed E-state index contributed by atoms with van der Waals surface area (Å²) < 4.78 is 10.8. The fourth-order valence-electron chi connectivity index (χ4n) is 3.29. The summed E-state index contributed by atoms with van der Waals surface area (Å²) in [7, 11) is 0. The molecular weight excluding hydrogens is 462 g/mol. The average Bonchev–Trinajstić information content (AvgIpc) is 2.90. The molecule has 3 aromatic carbocycles. The highest BCUT2D eigenvalue weighted by Crippen LogP contribution is 2.15. The summed E-state index contributed by atoms with van der Waals surface area (Å²) >= 11 is 0. The van der Waals surface area contributed by atoms with Crippen molar-refractivity contribution in [2.75, 3.05) is 6.61 Å². The Morgan fingerprint density at radius 2 is 1.33 bits per heavy atom. The van der Waals surface area contributed by atoms with Crippen molar-refractivity contribution in [3.63, 3.8) is 0 Å². The Hall–Kier alpha value is -4.37. The first-order chi connectivity index (χ1) is 17.4. The molecule has 0 aliphatic carbocycles. The van der Waals surface area contributed by atoms with E-state index in [4.69, 9.17) is 15.2 Å². The zero-order chi connectivity index (χ0) is 25.8. The van der Waals surface area contributed by atoms with Crippen molar-refractivity contribution in [2.45, 2.75) is 31.7 Å². The minimum Gasteiger partial charge on any atom is -0.489 e. The second-order valence-electron chi connectivity index (χ2n) is 8.03. The lowest BCUT2D eigenvalue weighted by Gasteiger charge is -2.20. The fourth-order valence-corrected chi connectivity index (χ4v) is 3.29. The third-order valence-corrected chi connectivity index (χ3v) is 5.28. The lowest BCUT2D eigenvalue weighted by Crippen LogP contribution is -2.54. The minimum atomic E-state index is -1.32. The number of primary amides is 1. The van der Waals surface area contributed by atoms with Gasteiger partial charge in [-0.1, -0.05) is 72.8 Å². The number of nitrogens with two attached hydrogens (primary N) is 1. The Balaban J connectivity index is 1.50. The molecule has 2 atom stereocenters. The number of alkyl carbamates (subject to hydrolysis) is 1. The van der Waals surface area contributed by atoms with Crippen molar-refractivity contribution < 1.29 is 29.0 Å². The van der Waals surface area contributed by atoms with E-state index in [-0.39, 0.29) is 13.0 Å². The zero-order valence-corrected chi connectivity index (χ0v) is 19.6. The predicted octanol–water partition coefficient (Wildman–Crippen LogP) is 2.07. The van der Waals surface area contributed by atoms with E-state index in [1.165, 1.54) is 0 Å². The second kappa shape index (κ2) is 13.5. The van der Waals surface area contributed by atoms with Crippen LogP contribution in [0.1, 0.15) is 16.7 Å². The highest BCUT2D eigenvalue weighted by molar-refractivity contribution is 5.91. The third-order valence-electron chi connectivity index (χ3n) is 5.28. The molecule has 3 aromatic rings. The monoisotopic (exact) mass is 491 g/mol. The van der Waals surface area contributed by atoms with Gasteiger partial charge in [0.25, 0.3) is 0 Å². The van der Waals surface area contributed by atoms with E-state index in [9.17, 15) is 19.5 Å². The Kier molecular flexibility index (Phi) is 9.84. The van der Waals surface area contributed by atoms with Crippen LogP contribution >= 0.6 is 0 Å². The van der Waals surface area contributed by atoms with E-state index in [1.807, 2.05) is 36.4 Å². The predicted molar refractivity (Wildman–Crippen MR) is 133 cm³/mol. The molecule has 0 heterocycles. The van der Waals surface area contributed by atoms with Gasteiger partial charge in [0.1, 0.15) is 31.0 Å². The minimum absolute atomic E-state index is 0.00140. The number of benzene rings is 3. The number of carbonyl (C=O) groups excluding carboxylic acids is 3. The molecule has 0 aromatic heterocycles. The SMILES string of the molecule is NC(=O)[C@H](Cc1ccc(OCc2ccccc2)cc1)NC(=O)[C@H](CO)NC(=O)OCc1ccccc1. The Bertz CT molecular complexity index is 1120. The number of aliphatic hydroxyl groups is 1. The van der Waals surface area contributed by atoms with Crippen molar-refractivity contribution in [1.82, 2.24) is 10.6 Å². The van der Waals surface area contributed by atoms with E-state index in [0.717, 1.165) is 16.7 Å². The summed E-state index contributed by atoms with van der Waals surface area (Å²) in [4.78, 5) is 36.6. The van der Waals surface area contributed by atoms with Gasteiger partial charge in [0.05, 0.1) is 6.61 Å². The molecule has 36 heavy (non-hydrogen) atoms. The zero-order valence-electron chi connectivity index (χ0n) is 19.6. The molecule has 188 valence electrons. The number of hydrogen-bond acceptors (Lipinski definition) is 6. The van der Waals surface area contributed by atoms with Crippen LogP contribution in [0.2, 0.25) is 0 Å². The lowest BCUT2D eigenvalue weighted by molar-refractivity contribution is -0.129. The Labute approximate surface area is 209 Å².